The Morgan fingerprint density at radius 3 is 2.61 bits per heavy atom. The molecule has 4 aromatic heterocycles. The van der Waals surface area contributed by atoms with Crippen LogP contribution in [0.1, 0.15) is 18.3 Å². The molecule has 0 spiro atoms. The van der Waals surface area contributed by atoms with Crippen LogP contribution in [-0.4, -0.2) is 36.5 Å². The average molecular weight is 420 g/mol. The number of hydrogen-bond acceptors (Lipinski definition) is 5. The van der Waals surface area contributed by atoms with Crippen molar-refractivity contribution in [3.05, 3.63) is 72.3 Å². The van der Waals surface area contributed by atoms with Crippen molar-refractivity contribution in [1.82, 2.24) is 29.4 Å². The van der Waals surface area contributed by atoms with Crippen molar-refractivity contribution in [2.75, 3.05) is 7.11 Å². The fourth-order valence-electron chi connectivity index (χ4n) is 3.65. The van der Waals surface area contributed by atoms with E-state index in [9.17, 15) is 4.39 Å². The molecule has 5 rings (SSSR count). The predicted molar refractivity (Wildman–Crippen MR) is 111 cm³/mol. The summed E-state index contributed by atoms with van der Waals surface area (Å²) in [5.74, 6) is -0.0491. The van der Waals surface area contributed by atoms with E-state index in [4.69, 9.17) is 4.74 Å². The summed E-state index contributed by atoms with van der Waals surface area (Å²) in [6, 6.07) is 8.18. The summed E-state index contributed by atoms with van der Waals surface area (Å²) < 4.78 is 39.1. The largest absolute Gasteiger partial charge is 0.495 e. The Morgan fingerprint density at radius 1 is 1.03 bits per heavy atom. The average Bonchev–Trinajstić information content (AvgIpc) is 3.39. The third kappa shape index (κ3) is 3.09. The SMILES string of the molecule is COc1cnc2ccc([C@@](C)(F)c3nnc4c(F)cc(-c5cnn(C)c5)cn34)cc2c1. The summed E-state index contributed by atoms with van der Waals surface area (Å²) >= 11 is 0. The van der Waals surface area contributed by atoms with Crippen LogP contribution in [0.3, 0.4) is 0 Å². The quantitative estimate of drug-likeness (QED) is 0.439. The molecule has 5 aromatic rings. The van der Waals surface area contributed by atoms with Gasteiger partial charge >= 0.3 is 0 Å². The number of benzene rings is 1. The smallest absolute Gasteiger partial charge is 0.197 e. The Hall–Kier alpha value is -3.88. The van der Waals surface area contributed by atoms with Gasteiger partial charge in [-0.1, -0.05) is 6.07 Å². The van der Waals surface area contributed by atoms with Gasteiger partial charge in [0.05, 0.1) is 25.0 Å². The molecule has 0 saturated carbocycles. The van der Waals surface area contributed by atoms with Gasteiger partial charge in [0.2, 0.25) is 0 Å². The van der Waals surface area contributed by atoms with Crippen molar-refractivity contribution in [1.29, 1.82) is 0 Å². The number of aromatic nitrogens is 6. The number of hydrogen-bond donors (Lipinski definition) is 0. The molecule has 0 aliphatic rings. The van der Waals surface area contributed by atoms with E-state index in [1.54, 1.807) is 67.9 Å². The van der Waals surface area contributed by atoms with Crippen LogP contribution in [0, 0.1) is 5.82 Å². The van der Waals surface area contributed by atoms with Crippen LogP contribution in [-0.2, 0) is 12.7 Å². The topological polar surface area (TPSA) is 70.1 Å². The van der Waals surface area contributed by atoms with E-state index in [0.29, 0.717) is 28.0 Å². The van der Waals surface area contributed by atoms with Crippen LogP contribution in [0.25, 0.3) is 27.7 Å². The van der Waals surface area contributed by atoms with Crippen LogP contribution < -0.4 is 4.74 Å². The number of fused-ring (bicyclic) bond motifs is 2. The highest BCUT2D eigenvalue weighted by Gasteiger charge is 2.35. The van der Waals surface area contributed by atoms with Gasteiger partial charge < -0.3 is 4.74 Å². The molecule has 0 aliphatic carbocycles. The fraction of sp³-hybridized carbons (Fsp3) is 0.182. The van der Waals surface area contributed by atoms with E-state index in [1.165, 1.54) is 17.4 Å². The third-order valence-corrected chi connectivity index (χ3v) is 5.35. The molecule has 1 atom stereocenters. The Kier molecular flexibility index (Phi) is 4.21. The fourth-order valence-corrected chi connectivity index (χ4v) is 3.65. The van der Waals surface area contributed by atoms with Crippen LogP contribution >= 0.6 is 0 Å². The standard InChI is InChI=1S/C22H18F2N6O/c1-22(24,16-4-5-19-13(6-16)7-17(31-3)10-25-19)21-28-27-20-18(23)8-14(12-30(20)21)15-9-26-29(2)11-15/h4-12H,1-3H3/t22-/m1/s1. The van der Waals surface area contributed by atoms with E-state index in [-0.39, 0.29) is 11.5 Å². The van der Waals surface area contributed by atoms with Crippen LogP contribution in [0.2, 0.25) is 0 Å². The minimum atomic E-state index is -2.04. The van der Waals surface area contributed by atoms with Gasteiger partial charge in [0.25, 0.3) is 0 Å². The van der Waals surface area contributed by atoms with Crippen molar-refractivity contribution < 1.29 is 13.5 Å². The molecule has 0 bridgehead atoms. The Balaban J connectivity index is 1.67. The molecule has 4 heterocycles. The molecule has 7 nitrogen and oxygen atoms in total. The monoisotopic (exact) mass is 420 g/mol. The second-order valence-electron chi connectivity index (χ2n) is 7.48. The van der Waals surface area contributed by atoms with E-state index < -0.39 is 11.5 Å². The van der Waals surface area contributed by atoms with Crippen molar-refractivity contribution >= 4 is 16.6 Å². The van der Waals surface area contributed by atoms with E-state index >= 15 is 4.39 Å². The van der Waals surface area contributed by atoms with Gasteiger partial charge in [-0.2, -0.15) is 5.10 Å². The number of halogens is 2. The summed E-state index contributed by atoms with van der Waals surface area (Å²) in [7, 11) is 3.31. The first kappa shape index (κ1) is 19.1. The van der Waals surface area contributed by atoms with Crippen LogP contribution in [0.4, 0.5) is 8.78 Å². The van der Waals surface area contributed by atoms with Gasteiger partial charge in [-0.3, -0.25) is 14.1 Å². The van der Waals surface area contributed by atoms with E-state index in [2.05, 4.69) is 20.3 Å². The third-order valence-electron chi connectivity index (χ3n) is 5.35. The predicted octanol–water partition coefficient (Wildman–Crippen LogP) is 4.06. The van der Waals surface area contributed by atoms with E-state index in [0.717, 1.165) is 5.39 Å². The molecule has 0 N–H and O–H groups in total. The molecule has 0 radical (unpaired) electrons. The van der Waals surface area contributed by atoms with Gasteiger partial charge in [-0.15, -0.1) is 10.2 Å². The molecule has 31 heavy (non-hydrogen) atoms. The van der Waals surface area contributed by atoms with Crippen molar-refractivity contribution in [3.63, 3.8) is 0 Å². The molecular formula is C22H18F2N6O. The summed E-state index contributed by atoms with van der Waals surface area (Å²) in [5, 5.41) is 12.7. The molecule has 0 aliphatic heterocycles. The first-order chi connectivity index (χ1) is 14.9. The summed E-state index contributed by atoms with van der Waals surface area (Å²) in [4.78, 5) is 4.31. The highest BCUT2D eigenvalue weighted by Crippen LogP contribution is 2.35. The number of methoxy groups -OCH3 is 1. The lowest BCUT2D eigenvalue weighted by atomic mass is 9.95. The normalized spacial score (nSPS) is 13.6. The second kappa shape index (κ2) is 6.83. The zero-order valence-electron chi connectivity index (χ0n) is 17.0. The van der Waals surface area contributed by atoms with Crippen molar-refractivity contribution in [2.45, 2.75) is 12.6 Å². The zero-order valence-corrected chi connectivity index (χ0v) is 17.0. The summed E-state index contributed by atoms with van der Waals surface area (Å²) in [6.45, 7) is 1.38. The molecule has 0 saturated heterocycles. The lowest BCUT2D eigenvalue weighted by molar-refractivity contribution is 0.234. The number of pyridine rings is 2. The van der Waals surface area contributed by atoms with Gasteiger partial charge in [-0.05, 0) is 36.8 Å². The summed E-state index contributed by atoms with van der Waals surface area (Å²) in [6.07, 6.45) is 6.59. The minimum Gasteiger partial charge on any atom is -0.495 e. The molecule has 0 amide bonds. The molecule has 0 fully saturated rings. The highest BCUT2D eigenvalue weighted by molar-refractivity contribution is 5.80. The molecule has 0 unspecified atom stereocenters. The van der Waals surface area contributed by atoms with Crippen molar-refractivity contribution in [2.24, 2.45) is 7.05 Å². The Bertz CT molecular complexity index is 1440. The maximum Gasteiger partial charge on any atom is 0.197 e. The maximum absolute atomic E-state index is 16.2. The minimum absolute atomic E-state index is 0.0256. The van der Waals surface area contributed by atoms with Crippen molar-refractivity contribution in [3.8, 4) is 16.9 Å². The maximum atomic E-state index is 16.2. The Labute approximate surface area is 175 Å². The van der Waals surface area contributed by atoms with Crippen LogP contribution in [0.15, 0.2) is 55.1 Å². The summed E-state index contributed by atoms with van der Waals surface area (Å²) in [5.41, 5.74) is 0.203. The second-order valence-corrected chi connectivity index (χ2v) is 7.48. The van der Waals surface area contributed by atoms with Gasteiger partial charge in [0, 0.05) is 36.0 Å². The Morgan fingerprint density at radius 2 is 1.87 bits per heavy atom. The number of aryl methyl sites for hydroxylation is 1. The van der Waals surface area contributed by atoms with Gasteiger partial charge in [0.1, 0.15) is 5.75 Å². The molecule has 156 valence electrons. The lowest BCUT2D eigenvalue weighted by Crippen LogP contribution is -2.21. The highest BCUT2D eigenvalue weighted by atomic mass is 19.1. The zero-order chi connectivity index (χ0) is 21.8. The number of rotatable bonds is 4. The van der Waals surface area contributed by atoms with E-state index in [1.807, 2.05) is 0 Å². The number of nitrogens with zero attached hydrogens (tertiary/aromatic N) is 6. The molecule has 1 aromatic carbocycles. The lowest BCUT2D eigenvalue weighted by Gasteiger charge is -2.20. The first-order valence-corrected chi connectivity index (χ1v) is 9.54. The first-order valence-electron chi connectivity index (χ1n) is 9.54. The van der Waals surface area contributed by atoms with Gasteiger partial charge in [-0.25, -0.2) is 8.78 Å². The molecule has 9 heteroatoms. The number of alkyl halides is 1. The molecular weight excluding hydrogens is 402 g/mol. The van der Waals surface area contributed by atoms with Gasteiger partial charge in [0.15, 0.2) is 23.0 Å². The number of ether oxygens (including phenoxy) is 1. The van der Waals surface area contributed by atoms with Crippen LogP contribution in [0.5, 0.6) is 5.75 Å².